The van der Waals surface area contributed by atoms with Gasteiger partial charge in [-0.15, -0.1) is 0 Å². The first-order chi connectivity index (χ1) is 18.9. The smallest absolute Gasteiger partial charge is 0.247 e. The lowest BCUT2D eigenvalue weighted by Crippen LogP contribution is -2.38. The molecule has 3 aliphatic rings. The molecule has 6 rings (SSSR count). The standard InChI is InChI=1S/C32H31ClFN3O2/c1-19-5-4-8-28(27-17-21(13-15-35-27)23-6-2-3-7-26(23)36-32(19)39)37-16-14-22(18-29(37)38)30-24(20-9-10-20)11-12-25(33)31(30)34/h2-3,6-7,11-13,15,17-20,28H,4-5,8-10,14,16H2,1H3,(H,36,39)/t19-,28+/m1/s1. The van der Waals surface area contributed by atoms with E-state index in [1.54, 1.807) is 18.3 Å². The number of hydrogen-bond acceptors (Lipinski definition) is 3. The fourth-order valence-electron chi connectivity index (χ4n) is 5.90. The summed E-state index contributed by atoms with van der Waals surface area (Å²) in [6, 6.07) is 15.0. The van der Waals surface area contributed by atoms with Gasteiger partial charge < -0.3 is 10.2 Å². The molecule has 1 fully saturated rings. The van der Waals surface area contributed by atoms with Crippen molar-refractivity contribution in [1.29, 1.82) is 0 Å². The minimum absolute atomic E-state index is 0.00880. The average Bonchev–Trinajstić information content (AvgIpc) is 3.78. The third-order valence-electron chi connectivity index (χ3n) is 8.23. The number of anilines is 1. The summed E-state index contributed by atoms with van der Waals surface area (Å²) < 4.78 is 15.3. The molecule has 0 radical (unpaired) electrons. The van der Waals surface area contributed by atoms with Gasteiger partial charge in [-0.3, -0.25) is 14.6 Å². The maximum atomic E-state index is 15.3. The first-order valence-corrected chi connectivity index (χ1v) is 14.1. The van der Waals surface area contributed by atoms with Gasteiger partial charge in [-0.25, -0.2) is 4.39 Å². The van der Waals surface area contributed by atoms with Gasteiger partial charge in [0.1, 0.15) is 5.82 Å². The van der Waals surface area contributed by atoms with Gasteiger partial charge in [0, 0.05) is 41.5 Å². The lowest BCUT2D eigenvalue weighted by molar-refractivity contribution is -0.129. The van der Waals surface area contributed by atoms with Crippen molar-refractivity contribution in [3.05, 3.63) is 88.5 Å². The molecule has 5 nitrogen and oxygen atoms in total. The van der Waals surface area contributed by atoms with E-state index in [9.17, 15) is 9.59 Å². The molecule has 0 spiro atoms. The number of nitrogens with zero attached hydrogens (tertiary/aromatic N) is 2. The van der Waals surface area contributed by atoms with Gasteiger partial charge >= 0.3 is 0 Å². The van der Waals surface area contributed by atoms with Crippen molar-refractivity contribution in [2.75, 3.05) is 11.9 Å². The maximum Gasteiger partial charge on any atom is 0.247 e. The van der Waals surface area contributed by atoms with Crippen LogP contribution in [0.1, 0.15) is 74.2 Å². The molecule has 3 heterocycles. The molecule has 2 aliphatic heterocycles. The Hall–Kier alpha value is -3.51. The fraction of sp³-hybridized carbons (Fsp3) is 0.344. The van der Waals surface area contributed by atoms with Crippen molar-refractivity contribution in [1.82, 2.24) is 9.88 Å². The first kappa shape index (κ1) is 25.8. The molecule has 0 unspecified atom stereocenters. The minimum Gasteiger partial charge on any atom is -0.330 e. The number of carbonyl (C=O) groups is 2. The number of amides is 2. The van der Waals surface area contributed by atoms with E-state index in [4.69, 9.17) is 16.6 Å². The van der Waals surface area contributed by atoms with Gasteiger partial charge in [0.15, 0.2) is 0 Å². The highest BCUT2D eigenvalue weighted by Crippen LogP contribution is 2.46. The molecule has 2 aromatic carbocycles. The summed E-state index contributed by atoms with van der Waals surface area (Å²) >= 11 is 6.17. The summed E-state index contributed by atoms with van der Waals surface area (Å²) in [6.45, 7) is 2.40. The monoisotopic (exact) mass is 543 g/mol. The molecule has 0 saturated heterocycles. The van der Waals surface area contributed by atoms with Crippen LogP contribution < -0.4 is 5.32 Å². The zero-order chi connectivity index (χ0) is 27.1. The van der Waals surface area contributed by atoms with Crippen LogP contribution in [0.2, 0.25) is 5.02 Å². The average molecular weight is 544 g/mol. The van der Waals surface area contributed by atoms with Gasteiger partial charge in [0.25, 0.3) is 0 Å². The second-order valence-electron chi connectivity index (χ2n) is 10.9. The Bertz CT molecular complexity index is 1480. The second kappa shape index (κ2) is 10.6. The molecule has 3 aromatic rings. The van der Waals surface area contributed by atoms with Crippen molar-refractivity contribution in [3.63, 3.8) is 0 Å². The van der Waals surface area contributed by atoms with Crippen LogP contribution in [-0.4, -0.2) is 28.2 Å². The van der Waals surface area contributed by atoms with Crippen molar-refractivity contribution in [2.24, 2.45) is 5.92 Å². The summed E-state index contributed by atoms with van der Waals surface area (Å²) in [7, 11) is 0. The molecule has 1 aliphatic carbocycles. The molecule has 200 valence electrons. The maximum absolute atomic E-state index is 15.3. The van der Waals surface area contributed by atoms with Crippen LogP contribution >= 0.6 is 11.6 Å². The number of nitrogens with one attached hydrogen (secondary N) is 1. The van der Waals surface area contributed by atoms with Gasteiger partial charge in [0.05, 0.1) is 16.8 Å². The number of fused-ring (bicyclic) bond motifs is 4. The van der Waals surface area contributed by atoms with E-state index >= 15 is 4.39 Å². The Morgan fingerprint density at radius 1 is 1.05 bits per heavy atom. The molecule has 2 bridgehead atoms. The SMILES string of the molecule is C[C@@H]1CCC[C@H](N2CCC(c3c(C4CC4)ccc(Cl)c3F)=CC2=O)c2cc(ccn2)-c2ccccc2NC1=O. The Balaban J connectivity index is 1.36. The Kier molecular flexibility index (Phi) is 6.98. The summed E-state index contributed by atoms with van der Waals surface area (Å²) in [5, 5.41) is 3.18. The van der Waals surface area contributed by atoms with E-state index in [1.807, 2.05) is 54.3 Å². The highest BCUT2D eigenvalue weighted by atomic mass is 35.5. The van der Waals surface area contributed by atoms with E-state index in [1.165, 1.54) is 0 Å². The van der Waals surface area contributed by atoms with Gasteiger partial charge in [0.2, 0.25) is 11.8 Å². The predicted octanol–water partition coefficient (Wildman–Crippen LogP) is 7.53. The minimum atomic E-state index is -0.431. The van der Waals surface area contributed by atoms with E-state index in [0.29, 0.717) is 42.9 Å². The number of benzene rings is 2. The fourth-order valence-corrected chi connectivity index (χ4v) is 6.06. The Morgan fingerprint density at radius 3 is 2.67 bits per heavy atom. The third-order valence-corrected chi connectivity index (χ3v) is 8.52. The van der Waals surface area contributed by atoms with Gasteiger partial charge in [-0.1, -0.05) is 49.2 Å². The van der Waals surface area contributed by atoms with E-state index in [-0.39, 0.29) is 28.8 Å². The number of carbonyl (C=O) groups excluding carboxylic acids is 2. The van der Waals surface area contributed by atoms with Gasteiger partial charge in [-0.05, 0) is 79.0 Å². The van der Waals surface area contributed by atoms with E-state index < -0.39 is 5.82 Å². The molecular formula is C32H31ClFN3O2. The lowest BCUT2D eigenvalue weighted by Gasteiger charge is -2.35. The first-order valence-electron chi connectivity index (χ1n) is 13.8. The highest BCUT2D eigenvalue weighted by molar-refractivity contribution is 6.31. The lowest BCUT2D eigenvalue weighted by atomic mass is 9.90. The van der Waals surface area contributed by atoms with E-state index in [2.05, 4.69) is 5.32 Å². The largest absolute Gasteiger partial charge is 0.330 e. The normalized spacial score (nSPS) is 21.8. The Labute approximate surface area is 233 Å². The number of aromatic nitrogens is 1. The zero-order valence-electron chi connectivity index (χ0n) is 21.9. The molecule has 1 N–H and O–H groups in total. The summed E-state index contributed by atoms with van der Waals surface area (Å²) in [6.07, 6.45) is 8.12. The van der Waals surface area contributed by atoms with E-state index in [0.717, 1.165) is 47.3 Å². The van der Waals surface area contributed by atoms with Crippen LogP contribution in [0.4, 0.5) is 10.1 Å². The quantitative estimate of drug-likeness (QED) is 0.371. The van der Waals surface area contributed by atoms with Crippen molar-refractivity contribution >= 4 is 34.7 Å². The van der Waals surface area contributed by atoms with Crippen LogP contribution in [-0.2, 0) is 9.59 Å². The van der Waals surface area contributed by atoms with Crippen LogP contribution in [0.25, 0.3) is 16.7 Å². The van der Waals surface area contributed by atoms with Crippen LogP contribution in [0, 0.1) is 11.7 Å². The molecule has 1 aromatic heterocycles. The molecule has 1 saturated carbocycles. The van der Waals surface area contributed by atoms with Gasteiger partial charge in [-0.2, -0.15) is 0 Å². The number of pyridine rings is 1. The predicted molar refractivity (Wildman–Crippen MR) is 152 cm³/mol. The summed E-state index contributed by atoms with van der Waals surface area (Å²) in [4.78, 5) is 33.1. The van der Waals surface area contributed by atoms with Crippen molar-refractivity contribution in [3.8, 4) is 11.1 Å². The summed E-state index contributed by atoms with van der Waals surface area (Å²) in [5.74, 6) is -0.418. The van der Waals surface area contributed by atoms with Crippen LogP contribution in [0.3, 0.4) is 0 Å². The highest BCUT2D eigenvalue weighted by Gasteiger charge is 2.34. The number of hydrogen-bond donors (Lipinski definition) is 1. The molecule has 39 heavy (non-hydrogen) atoms. The van der Waals surface area contributed by atoms with Crippen LogP contribution in [0.15, 0.2) is 60.8 Å². The molecule has 2 amide bonds. The third kappa shape index (κ3) is 5.10. The molecule has 2 atom stereocenters. The second-order valence-corrected chi connectivity index (χ2v) is 11.3. The summed E-state index contributed by atoms with van der Waals surface area (Å²) in [5.41, 5.74) is 5.61. The number of halogens is 2. The Morgan fingerprint density at radius 2 is 1.87 bits per heavy atom. The topological polar surface area (TPSA) is 62.3 Å². The van der Waals surface area contributed by atoms with Crippen LogP contribution in [0.5, 0.6) is 0 Å². The number of rotatable bonds is 3. The zero-order valence-corrected chi connectivity index (χ0v) is 22.7. The molecular weight excluding hydrogens is 513 g/mol. The van der Waals surface area contributed by atoms with Crippen molar-refractivity contribution in [2.45, 2.75) is 57.4 Å². The number of para-hydroxylation sites is 1. The van der Waals surface area contributed by atoms with Crippen molar-refractivity contribution < 1.29 is 14.0 Å². The molecule has 7 heteroatoms.